The Morgan fingerprint density at radius 1 is 1.41 bits per heavy atom. The molecule has 4 rings (SSSR count). The van der Waals surface area contributed by atoms with E-state index in [1.54, 1.807) is 0 Å². The number of nitrogens with two attached hydrogens (primary N) is 1. The van der Waals surface area contributed by atoms with Gasteiger partial charge in [-0.05, 0) is 66.7 Å². The van der Waals surface area contributed by atoms with Crippen molar-refractivity contribution in [1.29, 1.82) is 0 Å². The van der Waals surface area contributed by atoms with E-state index in [4.69, 9.17) is 18.0 Å². The lowest BCUT2D eigenvalue weighted by atomic mass is 9.59. The molecule has 0 spiro atoms. The molecule has 0 unspecified atom stereocenters. The second-order valence-corrected chi connectivity index (χ2v) is 8.34. The van der Waals surface area contributed by atoms with Crippen molar-refractivity contribution in [3.05, 3.63) is 34.9 Å². The summed E-state index contributed by atoms with van der Waals surface area (Å²) in [6.07, 6.45) is 5.34. The Labute approximate surface area is 139 Å². The highest BCUT2D eigenvalue weighted by molar-refractivity contribution is 7.80. The predicted octanol–water partition coefficient (Wildman–Crippen LogP) is 3.26. The number of piperidine rings is 1. The predicted molar refractivity (Wildman–Crippen MR) is 95.3 cm³/mol. The van der Waals surface area contributed by atoms with Gasteiger partial charge in [0.1, 0.15) is 4.99 Å². The fourth-order valence-corrected chi connectivity index (χ4v) is 4.85. The van der Waals surface area contributed by atoms with E-state index in [1.165, 1.54) is 49.9 Å². The number of rotatable bonds is 3. The molecule has 1 heterocycles. The Morgan fingerprint density at radius 2 is 2.18 bits per heavy atom. The first-order valence-electron chi connectivity index (χ1n) is 8.66. The van der Waals surface area contributed by atoms with Crippen LogP contribution in [0.15, 0.2) is 18.2 Å². The molecule has 2 fully saturated rings. The lowest BCUT2D eigenvalue weighted by Gasteiger charge is -2.55. The third-order valence-corrected chi connectivity index (χ3v) is 6.83. The molecule has 1 aromatic carbocycles. The van der Waals surface area contributed by atoms with Crippen molar-refractivity contribution in [2.24, 2.45) is 17.6 Å². The van der Waals surface area contributed by atoms with Crippen molar-refractivity contribution in [3.8, 4) is 0 Å². The zero-order valence-electron chi connectivity index (χ0n) is 13.6. The molecule has 2 bridgehead atoms. The maximum Gasteiger partial charge on any atom is 0.103 e. The maximum atomic E-state index is 5.86. The molecule has 1 aliphatic heterocycles. The number of benzene rings is 1. The highest BCUT2D eigenvalue weighted by Gasteiger charge is 2.48. The average molecular weight is 314 g/mol. The van der Waals surface area contributed by atoms with Crippen LogP contribution in [0.25, 0.3) is 0 Å². The van der Waals surface area contributed by atoms with Gasteiger partial charge in [0.15, 0.2) is 0 Å². The van der Waals surface area contributed by atoms with Gasteiger partial charge < -0.3 is 5.73 Å². The smallest absolute Gasteiger partial charge is 0.103 e. The molecular weight excluding hydrogens is 288 g/mol. The molecule has 2 aliphatic carbocycles. The zero-order chi connectivity index (χ0) is 15.5. The largest absolute Gasteiger partial charge is 0.389 e. The second-order valence-electron chi connectivity index (χ2n) is 7.90. The van der Waals surface area contributed by atoms with Crippen molar-refractivity contribution in [3.63, 3.8) is 0 Å². The SMILES string of the molecule is C[C@@H]1[C@H]2Cc3ccc(C(N)=S)cc3[C@]1(C)CCN2CC1CC1. The van der Waals surface area contributed by atoms with Gasteiger partial charge in [-0.2, -0.15) is 0 Å². The average Bonchev–Trinajstić information content (AvgIpc) is 3.29. The molecule has 1 saturated heterocycles. The quantitative estimate of drug-likeness (QED) is 0.868. The van der Waals surface area contributed by atoms with E-state index in [2.05, 4.69) is 36.9 Å². The molecule has 22 heavy (non-hydrogen) atoms. The fraction of sp³-hybridized carbons (Fsp3) is 0.632. The highest BCUT2D eigenvalue weighted by Crippen LogP contribution is 2.49. The van der Waals surface area contributed by atoms with E-state index < -0.39 is 0 Å². The van der Waals surface area contributed by atoms with Gasteiger partial charge in [-0.15, -0.1) is 0 Å². The summed E-state index contributed by atoms with van der Waals surface area (Å²) in [5, 5.41) is 0. The third kappa shape index (κ3) is 2.21. The van der Waals surface area contributed by atoms with Crippen molar-refractivity contribution in [1.82, 2.24) is 4.90 Å². The van der Waals surface area contributed by atoms with Crippen LogP contribution in [0.4, 0.5) is 0 Å². The Bertz CT molecular complexity index is 622. The normalized spacial score (nSPS) is 34.3. The summed E-state index contributed by atoms with van der Waals surface area (Å²) in [6, 6.07) is 7.38. The van der Waals surface area contributed by atoms with Crippen LogP contribution in [0.1, 0.15) is 49.8 Å². The number of thiocarbonyl (C=S) groups is 1. The van der Waals surface area contributed by atoms with Crippen LogP contribution in [0.5, 0.6) is 0 Å². The van der Waals surface area contributed by atoms with Crippen molar-refractivity contribution >= 4 is 17.2 Å². The minimum absolute atomic E-state index is 0.277. The van der Waals surface area contributed by atoms with Crippen molar-refractivity contribution < 1.29 is 0 Å². The van der Waals surface area contributed by atoms with Crippen LogP contribution >= 0.6 is 12.2 Å². The third-order valence-electron chi connectivity index (χ3n) is 6.60. The molecule has 3 aliphatic rings. The van der Waals surface area contributed by atoms with E-state index in [0.717, 1.165) is 11.5 Å². The van der Waals surface area contributed by atoms with Crippen molar-refractivity contribution in [2.75, 3.05) is 13.1 Å². The van der Waals surface area contributed by atoms with Gasteiger partial charge in [-0.1, -0.05) is 38.2 Å². The summed E-state index contributed by atoms with van der Waals surface area (Å²) in [4.78, 5) is 3.31. The molecular formula is C19H26N2S. The van der Waals surface area contributed by atoms with Crippen LogP contribution in [-0.2, 0) is 11.8 Å². The minimum Gasteiger partial charge on any atom is -0.389 e. The molecule has 2 N–H and O–H groups in total. The number of hydrogen-bond donors (Lipinski definition) is 1. The lowest BCUT2D eigenvalue weighted by molar-refractivity contribution is 0.0284. The summed E-state index contributed by atoms with van der Waals surface area (Å²) in [7, 11) is 0. The standard InChI is InChI=1S/C19H26N2S/c1-12-17-10-14-5-6-15(18(20)22)9-16(14)19(12,2)7-8-21(17)11-13-3-4-13/h5-6,9,12-13,17H,3-4,7-8,10-11H2,1-2H3,(H2,20,22)/t12-,17-,19-/m1/s1. The van der Waals surface area contributed by atoms with Crippen LogP contribution < -0.4 is 5.73 Å². The molecule has 0 radical (unpaired) electrons. The fourth-order valence-electron chi connectivity index (χ4n) is 4.72. The molecule has 0 aromatic heterocycles. The van der Waals surface area contributed by atoms with E-state index in [-0.39, 0.29) is 5.41 Å². The summed E-state index contributed by atoms with van der Waals surface area (Å²) < 4.78 is 0. The van der Waals surface area contributed by atoms with Crippen molar-refractivity contribution in [2.45, 2.75) is 51.0 Å². The van der Waals surface area contributed by atoms with E-state index in [0.29, 0.717) is 16.9 Å². The van der Waals surface area contributed by atoms with E-state index in [9.17, 15) is 0 Å². The summed E-state index contributed by atoms with van der Waals surface area (Å²) in [5.74, 6) is 1.68. The molecule has 0 amide bonds. The zero-order valence-corrected chi connectivity index (χ0v) is 14.5. The van der Waals surface area contributed by atoms with Crippen LogP contribution in [-0.4, -0.2) is 29.0 Å². The second kappa shape index (κ2) is 5.04. The van der Waals surface area contributed by atoms with Gasteiger partial charge >= 0.3 is 0 Å². The van der Waals surface area contributed by atoms with Crippen LogP contribution in [0.3, 0.4) is 0 Å². The number of likely N-dealkylation sites (tertiary alicyclic amines) is 1. The summed E-state index contributed by atoms with van der Waals surface area (Å²) in [5.41, 5.74) is 10.2. The molecule has 1 aromatic rings. The van der Waals surface area contributed by atoms with Gasteiger partial charge in [0, 0.05) is 18.2 Å². The Hall–Kier alpha value is -0.930. The summed E-state index contributed by atoms with van der Waals surface area (Å²) >= 11 is 5.19. The first kappa shape index (κ1) is 14.6. The first-order chi connectivity index (χ1) is 10.5. The number of nitrogens with zero attached hydrogens (tertiary/aromatic N) is 1. The summed E-state index contributed by atoms with van der Waals surface area (Å²) in [6.45, 7) is 7.49. The van der Waals surface area contributed by atoms with Gasteiger partial charge in [-0.25, -0.2) is 0 Å². The van der Waals surface area contributed by atoms with Crippen LogP contribution in [0, 0.1) is 11.8 Å². The Kier molecular flexibility index (Phi) is 3.35. The Morgan fingerprint density at radius 3 is 2.86 bits per heavy atom. The molecule has 1 saturated carbocycles. The monoisotopic (exact) mass is 314 g/mol. The molecule has 118 valence electrons. The highest BCUT2D eigenvalue weighted by atomic mass is 32.1. The number of hydrogen-bond acceptors (Lipinski definition) is 2. The van der Waals surface area contributed by atoms with Gasteiger partial charge in [-0.3, -0.25) is 4.90 Å². The minimum atomic E-state index is 0.277. The molecule has 3 atom stereocenters. The van der Waals surface area contributed by atoms with Crippen LogP contribution in [0.2, 0.25) is 0 Å². The lowest BCUT2D eigenvalue weighted by Crippen LogP contribution is -2.58. The Balaban J connectivity index is 1.72. The van der Waals surface area contributed by atoms with Gasteiger partial charge in [0.25, 0.3) is 0 Å². The van der Waals surface area contributed by atoms with E-state index in [1.807, 2.05) is 0 Å². The topological polar surface area (TPSA) is 29.3 Å². The first-order valence-corrected chi connectivity index (χ1v) is 9.07. The molecule has 2 nitrogen and oxygen atoms in total. The van der Waals surface area contributed by atoms with Gasteiger partial charge in [0.2, 0.25) is 0 Å². The van der Waals surface area contributed by atoms with Gasteiger partial charge in [0.05, 0.1) is 0 Å². The number of fused-ring (bicyclic) bond motifs is 4. The molecule has 3 heteroatoms. The maximum absolute atomic E-state index is 5.86. The van der Waals surface area contributed by atoms with E-state index >= 15 is 0 Å².